The molecule has 1 heterocycles. The molecule has 0 fully saturated rings. The normalized spacial score (nSPS) is 9.65. The summed E-state index contributed by atoms with van der Waals surface area (Å²) in [5.41, 5.74) is 1.50. The second-order valence-corrected chi connectivity index (χ2v) is 4.46. The van der Waals surface area contributed by atoms with E-state index in [9.17, 15) is 4.79 Å². The molecule has 1 aromatic heterocycles. The molecule has 1 amide bonds. The number of nitrogens with one attached hydrogen (secondary N) is 1. The lowest BCUT2D eigenvalue weighted by Crippen LogP contribution is -2.10. The Labute approximate surface area is 107 Å². The van der Waals surface area contributed by atoms with Crippen LogP contribution in [0.25, 0.3) is 0 Å². The highest BCUT2D eigenvalue weighted by atomic mass is 35.5. The zero-order valence-corrected chi connectivity index (χ0v) is 10.2. The predicted molar refractivity (Wildman–Crippen MR) is 68.4 cm³/mol. The number of nitriles is 1. The van der Waals surface area contributed by atoms with Gasteiger partial charge in [-0.25, -0.2) is 0 Å². The van der Waals surface area contributed by atoms with Gasteiger partial charge in [0.1, 0.15) is 6.07 Å². The Bertz CT molecular complexity index is 587. The summed E-state index contributed by atoms with van der Waals surface area (Å²) in [7, 11) is 0. The first-order valence-corrected chi connectivity index (χ1v) is 6.06. The van der Waals surface area contributed by atoms with Crippen LogP contribution in [-0.2, 0) is 0 Å². The van der Waals surface area contributed by atoms with Crippen LogP contribution in [0.15, 0.2) is 35.0 Å². The van der Waals surface area contributed by atoms with Crippen molar-refractivity contribution in [3.8, 4) is 6.07 Å². The molecule has 0 saturated heterocycles. The van der Waals surface area contributed by atoms with Gasteiger partial charge in [-0.15, -0.1) is 0 Å². The summed E-state index contributed by atoms with van der Waals surface area (Å²) in [6.07, 6.45) is 0. The van der Waals surface area contributed by atoms with Crippen molar-refractivity contribution < 1.29 is 4.79 Å². The Kier molecular flexibility index (Phi) is 3.43. The summed E-state index contributed by atoms with van der Waals surface area (Å²) in [6, 6.07) is 8.49. The Morgan fingerprint density at radius 1 is 1.41 bits per heavy atom. The predicted octanol–water partition coefficient (Wildman–Crippen LogP) is 3.53. The molecule has 84 valence electrons. The van der Waals surface area contributed by atoms with Crippen LogP contribution in [0.4, 0.5) is 5.69 Å². The van der Waals surface area contributed by atoms with Gasteiger partial charge in [-0.1, -0.05) is 11.6 Å². The zero-order chi connectivity index (χ0) is 12.3. The van der Waals surface area contributed by atoms with E-state index in [-0.39, 0.29) is 5.91 Å². The fourth-order valence-electron chi connectivity index (χ4n) is 1.29. The fraction of sp³-hybridized carbons (Fsp3) is 0. The number of hydrogen-bond acceptors (Lipinski definition) is 3. The quantitative estimate of drug-likeness (QED) is 0.900. The van der Waals surface area contributed by atoms with Gasteiger partial charge in [0.15, 0.2) is 0 Å². The van der Waals surface area contributed by atoms with Gasteiger partial charge >= 0.3 is 0 Å². The van der Waals surface area contributed by atoms with E-state index in [2.05, 4.69) is 5.32 Å². The highest BCUT2D eigenvalue weighted by molar-refractivity contribution is 7.08. The highest BCUT2D eigenvalue weighted by Gasteiger charge is 2.07. The Morgan fingerprint density at radius 2 is 2.24 bits per heavy atom. The molecule has 0 unspecified atom stereocenters. The van der Waals surface area contributed by atoms with Crippen LogP contribution in [0.2, 0.25) is 5.02 Å². The summed E-state index contributed by atoms with van der Waals surface area (Å²) in [5.74, 6) is -0.197. The molecule has 2 aromatic rings. The number of amides is 1. The highest BCUT2D eigenvalue weighted by Crippen LogP contribution is 2.20. The first kappa shape index (κ1) is 11.6. The van der Waals surface area contributed by atoms with E-state index >= 15 is 0 Å². The van der Waals surface area contributed by atoms with Crippen LogP contribution in [0.3, 0.4) is 0 Å². The minimum atomic E-state index is -0.197. The molecule has 0 bridgehead atoms. The second-order valence-electron chi connectivity index (χ2n) is 3.27. The topological polar surface area (TPSA) is 52.9 Å². The molecule has 2 rings (SSSR count). The largest absolute Gasteiger partial charge is 0.322 e. The van der Waals surface area contributed by atoms with E-state index in [0.717, 1.165) is 0 Å². The number of benzene rings is 1. The van der Waals surface area contributed by atoms with Gasteiger partial charge in [-0.2, -0.15) is 16.6 Å². The van der Waals surface area contributed by atoms with Crippen LogP contribution < -0.4 is 5.32 Å². The monoisotopic (exact) mass is 262 g/mol. The third-order valence-electron chi connectivity index (χ3n) is 2.13. The van der Waals surface area contributed by atoms with Crippen LogP contribution in [0.5, 0.6) is 0 Å². The molecular weight excluding hydrogens is 256 g/mol. The van der Waals surface area contributed by atoms with E-state index in [1.165, 1.54) is 11.3 Å². The van der Waals surface area contributed by atoms with Gasteiger partial charge < -0.3 is 5.32 Å². The van der Waals surface area contributed by atoms with Gasteiger partial charge in [0.25, 0.3) is 5.91 Å². The Balaban J connectivity index is 2.20. The van der Waals surface area contributed by atoms with Gasteiger partial charge in [0, 0.05) is 11.1 Å². The molecule has 0 aliphatic carbocycles. The maximum absolute atomic E-state index is 11.7. The smallest absolute Gasteiger partial charge is 0.256 e. The number of rotatable bonds is 2. The average molecular weight is 263 g/mol. The standard InChI is InChI=1S/C12H7ClN2OS/c13-11-2-1-10(5-9(11)6-14)15-12(16)8-3-4-17-7-8/h1-5,7H,(H,15,16). The third kappa shape index (κ3) is 2.64. The van der Waals surface area contributed by atoms with Crippen LogP contribution in [0, 0.1) is 11.3 Å². The SMILES string of the molecule is N#Cc1cc(NC(=O)c2ccsc2)ccc1Cl. The third-order valence-corrected chi connectivity index (χ3v) is 3.14. The van der Waals surface area contributed by atoms with E-state index in [0.29, 0.717) is 21.8 Å². The average Bonchev–Trinajstić information content (AvgIpc) is 2.85. The first-order chi connectivity index (χ1) is 8.20. The number of thiophene rings is 1. The molecule has 3 nitrogen and oxygen atoms in total. The molecule has 1 aromatic carbocycles. The number of halogens is 1. The minimum Gasteiger partial charge on any atom is -0.322 e. The van der Waals surface area contributed by atoms with E-state index < -0.39 is 0 Å². The molecular formula is C12H7ClN2OS. The number of nitrogens with zero attached hydrogens (tertiary/aromatic N) is 1. The van der Waals surface area contributed by atoms with Gasteiger partial charge in [-0.3, -0.25) is 4.79 Å². The van der Waals surface area contributed by atoms with E-state index in [1.54, 1.807) is 29.6 Å². The van der Waals surface area contributed by atoms with Crippen molar-refractivity contribution in [2.45, 2.75) is 0 Å². The number of anilines is 1. The first-order valence-electron chi connectivity index (χ1n) is 4.74. The summed E-state index contributed by atoms with van der Waals surface area (Å²) in [5, 5.41) is 15.5. The molecule has 0 aliphatic heterocycles. The zero-order valence-electron chi connectivity index (χ0n) is 8.61. The summed E-state index contributed by atoms with van der Waals surface area (Å²) in [4.78, 5) is 11.7. The minimum absolute atomic E-state index is 0.197. The fourth-order valence-corrected chi connectivity index (χ4v) is 2.08. The van der Waals surface area contributed by atoms with Gasteiger partial charge in [-0.05, 0) is 29.6 Å². The number of carbonyl (C=O) groups excluding carboxylic acids is 1. The molecule has 5 heteroatoms. The molecule has 0 atom stereocenters. The van der Waals surface area contributed by atoms with Crippen LogP contribution in [0.1, 0.15) is 15.9 Å². The lowest BCUT2D eigenvalue weighted by molar-refractivity contribution is 0.102. The molecule has 0 radical (unpaired) electrons. The Hall–Kier alpha value is -1.83. The van der Waals surface area contributed by atoms with Crippen molar-refractivity contribution in [3.63, 3.8) is 0 Å². The van der Waals surface area contributed by atoms with Crippen molar-refractivity contribution in [3.05, 3.63) is 51.2 Å². The van der Waals surface area contributed by atoms with Crippen molar-refractivity contribution in [2.75, 3.05) is 5.32 Å². The van der Waals surface area contributed by atoms with Gasteiger partial charge in [0.05, 0.1) is 16.1 Å². The van der Waals surface area contributed by atoms with Crippen LogP contribution in [-0.4, -0.2) is 5.91 Å². The summed E-state index contributed by atoms with van der Waals surface area (Å²) >= 11 is 7.25. The maximum Gasteiger partial charge on any atom is 0.256 e. The number of hydrogen-bond donors (Lipinski definition) is 1. The van der Waals surface area contributed by atoms with E-state index in [1.807, 2.05) is 11.4 Å². The molecule has 17 heavy (non-hydrogen) atoms. The lowest BCUT2D eigenvalue weighted by Gasteiger charge is -2.04. The maximum atomic E-state index is 11.7. The van der Waals surface area contributed by atoms with E-state index in [4.69, 9.17) is 16.9 Å². The van der Waals surface area contributed by atoms with Crippen LogP contribution >= 0.6 is 22.9 Å². The van der Waals surface area contributed by atoms with Crippen molar-refractivity contribution >= 4 is 34.5 Å². The summed E-state index contributed by atoms with van der Waals surface area (Å²) < 4.78 is 0. The lowest BCUT2D eigenvalue weighted by atomic mass is 10.2. The van der Waals surface area contributed by atoms with Crippen molar-refractivity contribution in [1.29, 1.82) is 5.26 Å². The second kappa shape index (κ2) is 5.00. The number of carbonyl (C=O) groups is 1. The van der Waals surface area contributed by atoms with Gasteiger partial charge in [0.2, 0.25) is 0 Å². The van der Waals surface area contributed by atoms with Crippen molar-refractivity contribution in [2.24, 2.45) is 0 Å². The molecule has 0 aliphatic rings. The Morgan fingerprint density at radius 3 is 2.88 bits per heavy atom. The summed E-state index contributed by atoms with van der Waals surface area (Å²) in [6.45, 7) is 0. The molecule has 0 saturated carbocycles. The van der Waals surface area contributed by atoms with Crippen molar-refractivity contribution in [1.82, 2.24) is 0 Å². The molecule has 1 N–H and O–H groups in total. The molecule has 0 spiro atoms.